The van der Waals surface area contributed by atoms with Crippen LogP contribution in [0.2, 0.25) is 0 Å². The fourth-order valence-corrected chi connectivity index (χ4v) is 12.3. The first-order valence-corrected chi connectivity index (χ1v) is 23.9. The molecule has 0 saturated heterocycles. The predicted octanol–water partition coefficient (Wildman–Crippen LogP) is 18.2. The van der Waals surface area contributed by atoms with Gasteiger partial charge in [0, 0.05) is 33.4 Å². The van der Waals surface area contributed by atoms with Crippen LogP contribution in [0.5, 0.6) is 0 Å². The van der Waals surface area contributed by atoms with Crippen LogP contribution in [0.25, 0.3) is 98.8 Å². The fraction of sp³-hybridized carbons (Fsp3) is 0.0149. The molecule has 0 saturated carbocycles. The van der Waals surface area contributed by atoms with Crippen molar-refractivity contribution in [1.29, 1.82) is 0 Å². The molecular formula is C67H41NO. The molecule has 1 heterocycles. The summed E-state index contributed by atoms with van der Waals surface area (Å²) in [6, 6.07) is 91.8. The first-order chi connectivity index (χ1) is 34.2. The quantitative estimate of drug-likeness (QED) is 0.160. The maximum Gasteiger partial charge on any atom is 0.143 e. The summed E-state index contributed by atoms with van der Waals surface area (Å²) in [4.78, 5) is 2.40. The van der Waals surface area contributed by atoms with Crippen LogP contribution in [-0.4, -0.2) is 0 Å². The first-order valence-electron chi connectivity index (χ1n) is 23.9. The largest absolute Gasteiger partial charge is 0.455 e. The van der Waals surface area contributed by atoms with E-state index in [0.29, 0.717) is 0 Å². The van der Waals surface area contributed by atoms with E-state index in [9.17, 15) is 0 Å². The Labute approximate surface area is 399 Å². The molecule has 2 aliphatic rings. The van der Waals surface area contributed by atoms with E-state index in [-0.39, 0.29) is 5.41 Å². The van der Waals surface area contributed by atoms with Crippen LogP contribution in [0.1, 0.15) is 22.3 Å². The highest BCUT2D eigenvalue weighted by Gasteiger charge is 2.51. The van der Waals surface area contributed by atoms with Gasteiger partial charge in [-0.05, 0) is 142 Å². The molecule has 2 heteroatoms. The maximum atomic E-state index is 6.50. The zero-order valence-electron chi connectivity index (χ0n) is 37.5. The summed E-state index contributed by atoms with van der Waals surface area (Å²) >= 11 is 0. The molecule has 69 heavy (non-hydrogen) atoms. The van der Waals surface area contributed by atoms with Gasteiger partial charge in [-0.1, -0.05) is 200 Å². The Morgan fingerprint density at radius 2 is 0.696 bits per heavy atom. The van der Waals surface area contributed by atoms with E-state index in [1.165, 1.54) is 88.0 Å². The Morgan fingerprint density at radius 3 is 1.30 bits per heavy atom. The molecule has 13 aromatic rings. The highest BCUT2D eigenvalue weighted by atomic mass is 16.3. The van der Waals surface area contributed by atoms with Crippen molar-refractivity contribution >= 4 is 71.3 Å². The van der Waals surface area contributed by atoms with Crippen molar-refractivity contribution in [3.05, 3.63) is 271 Å². The lowest BCUT2D eigenvalue weighted by molar-refractivity contribution is 0.670. The van der Waals surface area contributed by atoms with E-state index in [1.807, 2.05) is 6.07 Å². The molecule has 0 radical (unpaired) electrons. The summed E-state index contributed by atoms with van der Waals surface area (Å²) < 4.78 is 6.50. The van der Waals surface area contributed by atoms with Crippen LogP contribution >= 0.6 is 0 Å². The molecule has 2 aliphatic carbocycles. The number of fused-ring (bicyclic) bond motifs is 19. The van der Waals surface area contributed by atoms with E-state index < -0.39 is 0 Å². The summed E-state index contributed by atoms with van der Waals surface area (Å²) in [7, 11) is 0. The van der Waals surface area contributed by atoms with E-state index >= 15 is 0 Å². The van der Waals surface area contributed by atoms with Gasteiger partial charge in [0.1, 0.15) is 11.2 Å². The van der Waals surface area contributed by atoms with Crippen molar-refractivity contribution < 1.29 is 4.42 Å². The van der Waals surface area contributed by atoms with E-state index in [4.69, 9.17) is 4.42 Å². The molecule has 320 valence electrons. The lowest BCUT2D eigenvalue weighted by Gasteiger charge is -2.30. The number of hydrogen-bond donors (Lipinski definition) is 0. The molecule has 15 rings (SSSR count). The molecule has 1 spiro atoms. The van der Waals surface area contributed by atoms with Crippen molar-refractivity contribution in [2.75, 3.05) is 4.90 Å². The number of rotatable bonds is 5. The molecule has 12 aromatic carbocycles. The van der Waals surface area contributed by atoms with Gasteiger partial charge >= 0.3 is 0 Å². The van der Waals surface area contributed by atoms with Crippen LogP contribution in [0.4, 0.5) is 17.1 Å². The standard InChI is InChI=1S/C67H41NO/c1-2-16-51-49(14-1)50-15-3-4-17-52(50)60-41-47(37-39-53(51)60)68(46-35-30-43(31-36-46)48-22-13-23-59-58-21-8-12-27-65(58)69-66(48)59)45-33-28-42(29-34-45)44-32-38-57-56-20-7-11-26-63(56)67(64(57)40-44)61-24-9-5-18-54(61)55-19-6-10-25-62(55)67/h1-41H. The Bertz CT molecular complexity index is 4150. The molecule has 0 bridgehead atoms. The van der Waals surface area contributed by atoms with Gasteiger partial charge in [-0.15, -0.1) is 0 Å². The van der Waals surface area contributed by atoms with Crippen LogP contribution in [-0.2, 0) is 5.41 Å². The Hall–Kier alpha value is -8.98. The van der Waals surface area contributed by atoms with Gasteiger partial charge in [-0.2, -0.15) is 0 Å². The third-order valence-electron chi connectivity index (χ3n) is 15.3. The number of nitrogens with zero attached hydrogens (tertiary/aromatic N) is 1. The molecule has 2 nitrogen and oxygen atoms in total. The average molecular weight is 876 g/mol. The van der Waals surface area contributed by atoms with Gasteiger partial charge in [0.05, 0.1) is 5.41 Å². The molecule has 0 unspecified atom stereocenters. The van der Waals surface area contributed by atoms with Gasteiger partial charge in [-0.3, -0.25) is 0 Å². The second-order valence-electron chi connectivity index (χ2n) is 18.7. The lowest BCUT2D eigenvalue weighted by atomic mass is 9.70. The predicted molar refractivity (Wildman–Crippen MR) is 288 cm³/mol. The van der Waals surface area contributed by atoms with Crippen LogP contribution in [0, 0.1) is 0 Å². The van der Waals surface area contributed by atoms with Crippen molar-refractivity contribution in [1.82, 2.24) is 0 Å². The van der Waals surface area contributed by atoms with E-state index in [0.717, 1.165) is 50.1 Å². The minimum Gasteiger partial charge on any atom is -0.455 e. The van der Waals surface area contributed by atoms with Crippen molar-refractivity contribution in [3.63, 3.8) is 0 Å². The van der Waals surface area contributed by atoms with Crippen molar-refractivity contribution in [2.45, 2.75) is 5.41 Å². The molecule has 0 atom stereocenters. The normalized spacial score (nSPS) is 13.0. The summed E-state index contributed by atoms with van der Waals surface area (Å²) in [5, 5.41) is 9.81. The smallest absolute Gasteiger partial charge is 0.143 e. The zero-order chi connectivity index (χ0) is 45.2. The van der Waals surface area contributed by atoms with Crippen molar-refractivity contribution in [2.24, 2.45) is 0 Å². The number of hydrogen-bond acceptors (Lipinski definition) is 2. The maximum absolute atomic E-state index is 6.50. The first kappa shape index (κ1) is 38.2. The highest BCUT2D eigenvalue weighted by Crippen LogP contribution is 2.63. The minimum absolute atomic E-state index is 0.389. The zero-order valence-corrected chi connectivity index (χ0v) is 37.5. The molecule has 0 aliphatic heterocycles. The van der Waals surface area contributed by atoms with Gasteiger partial charge in [0.15, 0.2) is 0 Å². The topological polar surface area (TPSA) is 16.4 Å². The number of anilines is 3. The SMILES string of the molecule is c1ccc2c(c1)-c1ccccc1C21c2ccccc2-c2ccc(-c3ccc(N(c4ccc(-c5cccc6c5oc5ccccc56)cc4)c4ccc5c6ccccc6c6ccccc6c5c4)cc3)cc21. The Kier molecular flexibility index (Phi) is 8.02. The minimum atomic E-state index is -0.389. The average Bonchev–Trinajstić information content (AvgIpc) is 4.06. The van der Waals surface area contributed by atoms with E-state index in [2.05, 4.69) is 248 Å². The summed E-state index contributed by atoms with van der Waals surface area (Å²) in [5.41, 5.74) is 19.9. The Balaban J connectivity index is 0.881. The fourth-order valence-electron chi connectivity index (χ4n) is 12.3. The van der Waals surface area contributed by atoms with Gasteiger partial charge in [0.2, 0.25) is 0 Å². The monoisotopic (exact) mass is 875 g/mol. The lowest BCUT2D eigenvalue weighted by Crippen LogP contribution is -2.25. The molecule has 1 aromatic heterocycles. The highest BCUT2D eigenvalue weighted by molar-refractivity contribution is 6.26. The van der Waals surface area contributed by atoms with E-state index in [1.54, 1.807) is 0 Å². The third-order valence-corrected chi connectivity index (χ3v) is 15.3. The molecule has 0 fully saturated rings. The van der Waals surface area contributed by atoms with Crippen LogP contribution in [0.15, 0.2) is 253 Å². The Morgan fingerprint density at radius 1 is 0.261 bits per heavy atom. The van der Waals surface area contributed by atoms with Crippen LogP contribution in [0.3, 0.4) is 0 Å². The number of benzene rings is 12. The number of furan rings is 1. The molecule has 0 amide bonds. The summed E-state index contributed by atoms with van der Waals surface area (Å²) in [6.07, 6.45) is 0. The summed E-state index contributed by atoms with van der Waals surface area (Å²) in [5.74, 6) is 0. The third kappa shape index (κ3) is 5.37. The van der Waals surface area contributed by atoms with Gasteiger partial charge in [0.25, 0.3) is 0 Å². The molecule has 0 N–H and O–H groups in total. The molecular weight excluding hydrogens is 835 g/mol. The van der Waals surface area contributed by atoms with Gasteiger partial charge in [-0.25, -0.2) is 0 Å². The van der Waals surface area contributed by atoms with Crippen LogP contribution < -0.4 is 4.90 Å². The second kappa shape index (κ2) is 14.5. The van der Waals surface area contributed by atoms with Gasteiger partial charge < -0.3 is 9.32 Å². The number of para-hydroxylation sites is 2. The summed E-state index contributed by atoms with van der Waals surface area (Å²) in [6.45, 7) is 0. The van der Waals surface area contributed by atoms with Crippen molar-refractivity contribution in [3.8, 4) is 44.5 Å². The second-order valence-corrected chi connectivity index (χ2v) is 18.7.